The van der Waals surface area contributed by atoms with E-state index in [-0.39, 0.29) is 18.6 Å². The Bertz CT molecular complexity index is 1040. The third kappa shape index (κ3) is 51.5. The van der Waals surface area contributed by atoms with Crippen molar-refractivity contribution in [3.63, 3.8) is 0 Å². The summed E-state index contributed by atoms with van der Waals surface area (Å²) in [7, 11) is 0. The van der Waals surface area contributed by atoms with Crippen LogP contribution in [-0.4, -0.2) is 37.7 Å². The normalized spacial score (nSPS) is 11.7. The monoisotopic (exact) mass is 931 g/mol. The molecule has 0 atom stereocenters. The van der Waals surface area contributed by atoms with E-state index in [4.69, 9.17) is 14.2 Å². The van der Waals surface area contributed by atoms with E-state index >= 15 is 0 Å². The minimum absolute atomic E-state index is 0.0282. The Labute approximate surface area is 411 Å². The van der Waals surface area contributed by atoms with Crippen LogP contribution in [0.2, 0.25) is 0 Å². The van der Waals surface area contributed by atoms with Gasteiger partial charge in [-0.2, -0.15) is 0 Å². The van der Waals surface area contributed by atoms with Gasteiger partial charge < -0.3 is 14.2 Å². The Morgan fingerprint density at radius 1 is 0.273 bits per heavy atom. The zero-order chi connectivity index (χ0) is 47.9. The van der Waals surface area contributed by atoms with E-state index in [1.165, 1.54) is 250 Å². The highest BCUT2D eigenvalue weighted by Gasteiger charge is 2.19. The molecule has 0 fully saturated rings. The van der Waals surface area contributed by atoms with Crippen molar-refractivity contribution in [3.05, 3.63) is 11.6 Å². The first-order valence-electron chi connectivity index (χ1n) is 29.7. The molecule has 0 radical (unpaired) electrons. The van der Waals surface area contributed by atoms with E-state index < -0.39 is 17.9 Å². The van der Waals surface area contributed by atoms with E-state index in [1.54, 1.807) is 0 Å². The first-order valence-corrected chi connectivity index (χ1v) is 29.7. The van der Waals surface area contributed by atoms with E-state index in [2.05, 4.69) is 20.8 Å². The van der Waals surface area contributed by atoms with Crippen LogP contribution >= 0.6 is 0 Å². The highest BCUT2D eigenvalue weighted by Crippen LogP contribution is 2.18. The molecule has 6 nitrogen and oxygen atoms in total. The quantitative estimate of drug-likeness (QED) is 0.0262. The van der Waals surface area contributed by atoms with E-state index in [1.807, 2.05) is 0 Å². The fourth-order valence-corrected chi connectivity index (χ4v) is 9.14. The SMILES string of the molecule is CCCCCCCCCCCCCCCCCCOC(=O)C=C(CC(=O)OCCCCCCCCCCCCCCCCCC)C(=O)OCCCCCCCCCCCCCCCCCC. The molecule has 66 heavy (non-hydrogen) atoms. The molecule has 0 rings (SSSR count). The van der Waals surface area contributed by atoms with Gasteiger partial charge in [-0.3, -0.25) is 4.79 Å². The zero-order valence-corrected chi connectivity index (χ0v) is 44.8. The van der Waals surface area contributed by atoms with E-state index in [0.717, 1.165) is 63.9 Å². The molecule has 390 valence electrons. The molecule has 0 aromatic rings. The molecule has 0 heterocycles. The Morgan fingerprint density at radius 3 is 0.742 bits per heavy atom. The van der Waals surface area contributed by atoms with Crippen LogP contribution in [0.5, 0.6) is 0 Å². The van der Waals surface area contributed by atoms with Gasteiger partial charge in [0, 0.05) is 6.08 Å². The molecule has 0 bridgehead atoms. The molecular formula is C60H114O6. The average molecular weight is 932 g/mol. The van der Waals surface area contributed by atoms with Gasteiger partial charge in [0.05, 0.1) is 31.8 Å². The second kappa shape index (κ2) is 55.7. The zero-order valence-electron chi connectivity index (χ0n) is 44.8. The molecule has 0 amide bonds. The highest BCUT2D eigenvalue weighted by atomic mass is 16.5. The van der Waals surface area contributed by atoms with Gasteiger partial charge >= 0.3 is 17.9 Å². The Balaban J connectivity index is 4.37. The largest absolute Gasteiger partial charge is 0.465 e. The smallest absolute Gasteiger partial charge is 0.334 e. The first kappa shape index (κ1) is 64.2. The van der Waals surface area contributed by atoms with Crippen molar-refractivity contribution in [1.29, 1.82) is 0 Å². The standard InChI is InChI=1S/C60H114O6/c1-4-7-10-13-16-19-22-25-28-31-34-37-40-43-46-49-52-64-58(61)55-57(60(63)66-54-51-48-45-42-39-36-33-30-27-24-21-18-15-12-9-6-3)56-59(62)65-53-50-47-44-41-38-35-32-29-26-23-20-17-14-11-8-5-2/h55H,4-54,56H2,1-3H3. The fraction of sp³-hybridized carbons (Fsp3) is 0.917. The Kier molecular flexibility index (Phi) is 54.2. The molecule has 0 aliphatic heterocycles. The number of rotatable bonds is 55. The molecule has 0 aliphatic rings. The molecule has 0 unspecified atom stereocenters. The molecule has 0 saturated heterocycles. The Hall–Kier alpha value is -1.85. The maximum atomic E-state index is 13.1. The number of esters is 3. The number of hydrogen-bond acceptors (Lipinski definition) is 6. The van der Waals surface area contributed by atoms with Crippen LogP contribution in [0.15, 0.2) is 11.6 Å². The lowest BCUT2D eigenvalue weighted by atomic mass is 10.0. The van der Waals surface area contributed by atoms with Crippen LogP contribution in [0.25, 0.3) is 0 Å². The summed E-state index contributed by atoms with van der Waals surface area (Å²) in [6.07, 6.45) is 62.7. The van der Waals surface area contributed by atoms with Crippen molar-refractivity contribution >= 4 is 17.9 Å². The summed E-state index contributed by atoms with van der Waals surface area (Å²) in [6, 6.07) is 0. The van der Waals surface area contributed by atoms with Crippen LogP contribution in [-0.2, 0) is 28.6 Å². The molecule has 0 aliphatic carbocycles. The summed E-state index contributed by atoms with van der Waals surface area (Å²) in [5.41, 5.74) is 0.0282. The number of hydrogen-bond donors (Lipinski definition) is 0. The predicted octanol–water partition coefficient (Wildman–Crippen LogP) is 19.7. The maximum Gasteiger partial charge on any atom is 0.334 e. The van der Waals surface area contributed by atoms with Gasteiger partial charge in [-0.1, -0.05) is 310 Å². The summed E-state index contributed by atoms with van der Waals surface area (Å²) >= 11 is 0. The van der Waals surface area contributed by atoms with Crippen molar-refractivity contribution < 1.29 is 28.6 Å². The highest BCUT2D eigenvalue weighted by molar-refractivity contribution is 5.99. The Morgan fingerprint density at radius 2 is 0.485 bits per heavy atom. The predicted molar refractivity (Wildman–Crippen MR) is 284 cm³/mol. The minimum Gasteiger partial charge on any atom is -0.465 e. The van der Waals surface area contributed by atoms with Gasteiger partial charge in [0.1, 0.15) is 0 Å². The third-order valence-corrected chi connectivity index (χ3v) is 13.6. The van der Waals surface area contributed by atoms with Gasteiger partial charge in [0.2, 0.25) is 0 Å². The second-order valence-electron chi connectivity index (χ2n) is 20.3. The maximum absolute atomic E-state index is 13.1. The fourth-order valence-electron chi connectivity index (χ4n) is 9.14. The molecule has 0 saturated carbocycles. The molecule has 0 aromatic heterocycles. The van der Waals surface area contributed by atoms with Gasteiger partial charge in [-0.25, -0.2) is 9.59 Å². The van der Waals surface area contributed by atoms with Crippen LogP contribution in [0.4, 0.5) is 0 Å². The van der Waals surface area contributed by atoms with Crippen LogP contribution in [0.3, 0.4) is 0 Å². The minimum atomic E-state index is -0.616. The lowest BCUT2D eigenvalue weighted by Crippen LogP contribution is -2.17. The number of carbonyl (C=O) groups is 3. The van der Waals surface area contributed by atoms with Gasteiger partial charge in [0.25, 0.3) is 0 Å². The number of ether oxygens (including phenoxy) is 3. The topological polar surface area (TPSA) is 78.9 Å². The van der Waals surface area contributed by atoms with Crippen molar-refractivity contribution in [2.24, 2.45) is 0 Å². The summed E-state index contributed by atoms with van der Waals surface area (Å²) < 4.78 is 16.6. The van der Waals surface area contributed by atoms with Crippen LogP contribution in [0.1, 0.15) is 335 Å². The lowest BCUT2D eigenvalue weighted by molar-refractivity contribution is -0.146. The summed E-state index contributed by atoms with van der Waals surface area (Å²) in [5, 5.41) is 0. The van der Waals surface area contributed by atoms with Crippen molar-refractivity contribution in [3.8, 4) is 0 Å². The van der Waals surface area contributed by atoms with Crippen LogP contribution in [0, 0.1) is 0 Å². The summed E-state index contributed by atoms with van der Waals surface area (Å²) in [4.78, 5) is 38.8. The van der Waals surface area contributed by atoms with Crippen LogP contribution < -0.4 is 0 Å². The van der Waals surface area contributed by atoms with Gasteiger partial charge in [0.15, 0.2) is 0 Å². The molecular weight excluding hydrogens is 817 g/mol. The van der Waals surface area contributed by atoms with E-state index in [9.17, 15) is 14.4 Å². The average Bonchev–Trinajstić information content (AvgIpc) is 3.31. The summed E-state index contributed by atoms with van der Waals surface area (Å²) in [5.74, 6) is -1.70. The molecule has 0 N–H and O–H groups in total. The number of unbranched alkanes of at least 4 members (excludes halogenated alkanes) is 45. The van der Waals surface area contributed by atoms with Crippen molar-refractivity contribution in [2.75, 3.05) is 19.8 Å². The first-order chi connectivity index (χ1) is 32.5. The molecule has 6 heteroatoms. The van der Waals surface area contributed by atoms with Gasteiger partial charge in [-0.15, -0.1) is 0 Å². The summed E-state index contributed by atoms with van der Waals surface area (Å²) in [6.45, 7) is 7.78. The third-order valence-electron chi connectivity index (χ3n) is 13.6. The van der Waals surface area contributed by atoms with Gasteiger partial charge in [-0.05, 0) is 19.3 Å². The van der Waals surface area contributed by atoms with Crippen molar-refractivity contribution in [1.82, 2.24) is 0 Å². The molecule has 0 spiro atoms. The van der Waals surface area contributed by atoms with Crippen molar-refractivity contribution in [2.45, 2.75) is 335 Å². The number of carbonyl (C=O) groups excluding carboxylic acids is 3. The molecule has 0 aromatic carbocycles. The lowest BCUT2D eigenvalue weighted by Gasteiger charge is -2.10. The second-order valence-corrected chi connectivity index (χ2v) is 20.3. The van der Waals surface area contributed by atoms with E-state index in [0.29, 0.717) is 13.2 Å².